The summed E-state index contributed by atoms with van der Waals surface area (Å²) >= 11 is 6.60. The molecular weight excluding hydrogens is 368 g/mol. The Morgan fingerprint density at radius 3 is 2.74 bits per heavy atom. The van der Waals surface area contributed by atoms with Gasteiger partial charge in [0.1, 0.15) is 22.2 Å². The molecule has 27 heavy (non-hydrogen) atoms. The van der Waals surface area contributed by atoms with Gasteiger partial charge in [-0.3, -0.25) is 0 Å². The van der Waals surface area contributed by atoms with E-state index in [0.717, 1.165) is 16.9 Å². The zero-order valence-electron chi connectivity index (χ0n) is 14.7. The predicted molar refractivity (Wildman–Crippen MR) is 102 cm³/mol. The molecule has 1 unspecified atom stereocenters. The Morgan fingerprint density at radius 2 is 2.04 bits per heavy atom. The molecule has 3 aromatic rings. The average Bonchev–Trinajstić information content (AvgIpc) is 3.19. The van der Waals surface area contributed by atoms with Gasteiger partial charge in [-0.25, -0.2) is 9.48 Å². The number of aryl methyl sites for hydroxylation is 2. The minimum absolute atomic E-state index is 0.0693. The van der Waals surface area contributed by atoms with Crippen molar-refractivity contribution >= 4 is 17.3 Å². The van der Waals surface area contributed by atoms with Gasteiger partial charge in [0, 0.05) is 18.1 Å². The molecule has 0 aliphatic carbocycles. The largest absolute Gasteiger partial charge is 0.507 e. The van der Waals surface area contributed by atoms with Crippen LogP contribution in [0.3, 0.4) is 0 Å². The van der Waals surface area contributed by atoms with Crippen LogP contribution in [-0.4, -0.2) is 20.6 Å². The Morgan fingerprint density at radius 1 is 1.30 bits per heavy atom. The highest BCUT2D eigenvalue weighted by Crippen LogP contribution is 2.34. The van der Waals surface area contributed by atoms with Gasteiger partial charge in [-0.1, -0.05) is 29.8 Å². The lowest BCUT2D eigenvalue weighted by atomic mass is 10.00. The molecule has 1 aliphatic heterocycles. The Balaban J connectivity index is 1.67. The first-order valence-electron chi connectivity index (χ1n) is 8.42. The van der Waals surface area contributed by atoms with Gasteiger partial charge in [-0.15, -0.1) is 0 Å². The molecule has 0 saturated heterocycles. The van der Waals surface area contributed by atoms with Gasteiger partial charge in [0.2, 0.25) is 0 Å². The maximum absolute atomic E-state index is 12.1. The highest BCUT2D eigenvalue weighted by atomic mass is 35.5. The SMILES string of the molecule is Cc1cc(O)c(C2=NNC(c3c(C)nn(-c4ccccc4)c3Cl)C2)c(=O)o1. The van der Waals surface area contributed by atoms with Crippen LogP contribution in [0.15, 0.2) is 50.7 Å². The van der Waals surface area contributed by atoms with Crippen LogP contribution >= 0.6 is 11.6 Å². The van der Waals surface area contributed by atoms with Gasteiger partial charge in [0.05, 0.1) is 23.1 Å². The molecule has 2 N–H and O–H groups in total. The second kappa shape index (κ2) is 6.59. The first-order valence-corrected chi connectivity index (χ1v) is 8.80. The first-order chi connectivity index (χ1) is 13.0. The number of aromatic hydroxyl groups is 1. The number of aromatic nitrogens is 2. The van der Waals surface area contributed by atoms with Crippen LogP contribution in [0, 0.1) is 13.8 Å². The Labute approximate surface area is 159 Å². The zero-order chi connectivity index (χ0) is 19.1. The van der Waals surface area contributed by atoms with E-state index >= 15 is 0 Å². The Bertz CT molecular complexity index is 1100. The van der Waals surface area contributed by atoms with E-state index in [1.165, 1.54) is 6.07 Å². The summed E-state index contributed by atoms with van der Waals surface area (Å²) < 4.78 is 6.76. The molecule has 3 heterocycles. The number of nitrogens with one attached hydrogen (secondary N) is 1. The van der Waals surface area contributed by atoms with E-state index in [1.807, 2.05) is 37.3 Å². The van der Waals surface area contributed by atoms with Crippen LogP contribution < -0.4 is 11.1 Å². The molecular formula is C19H17ClN4O3. The lowest BCUT2D eigenvalue weighted by molar-refractivity contribution is 0.432. The molecule has 7 nitrogen and oxygen atoms in total. The third-order valence-corrected chi connectivity index (χ3v) is 4.86. The fourth-order valence-corrected chi connectivity index (χ4v) is 3.68. The molecule has 4 rings (SSSR count). The van der Waals surface area contributed by atoms with Gasteiger partial charge in [-0.05, 0) is 26.0 Å². The van der Waals surface area contributed by atoms with Crippen molar-refractivity contribution in [3.63, 3.8) is 0 Å². The molecule has 1 atom stereocenters. The number of hydrazone groups is 1. The topological polar surface area (TPSA) is 92.7 Å². The lowest BCUT2D eigenvalue weighted by Gasteiger charge is -2.10. The van der Waals surface area contributed by atoms with E-state index in [9.17, 15) is 9.90 Å². The molecule has 2 aromatic heterocycles. The van der Waals surface area contributed by atoms with Gasteiger partial charge < -0.3 is 14.9 Å². The maximum atomic E-state index is 12.1. The molecule has 0 fully saturated rings. The van der Waals surface area contributed by atoms with Crippen LogP contribution in [0.4, 0.5) is 0 Å². The van der Waals surface area contributed by atoms with E-state index in [4.69, 9.17) is 16.0 Å². The number of nitrogens with zero attached hydrogens (tertiary/aromatic N) is 3. The van der Waals surface area contributed by atoms with Crippen molar-refractivity contribution in [2.45, 2.75) is 26.3 Å². The summed E-state index contributed by atoms with van der Waals surface area (Å²) in [5, 5.41) is 19.4. The molecule has 0 saturated carbocycles. The summed E-state index contributed by atoms with van der Waals surface area (Å²) in [6.45, 7) is 3.47. The number of hydrogen-bond acceptors (Lipinski definition) is 6. The van der Waals surface area contributed by atoms with E-state index in [-0.39, 0.29) is 17.4 Å². The van der Waals surface area contributed by atoms with Crippen LogP contribution in [0.25, 0.3) is 5.69 Å². The van der Waals surface area contributed by atoms with Crippen LogP contribution in [0.1, 0.15) is 35.0 Å². The van der Waals surface area contributed by atoms with E-state index < -0.39 is 5.63 Å². The molecule has 0 bridgehead atoms. The fourth-order valence-electron chi connectivity index (χ4n) is 3.27. The van der Waals surface area contributed by atoms with Crippen molar-refractivity contribution < 1.29 is 9.52 Å². The molecule has 8 heteroatoms. The molecule has 0 spiro atoms. The Kier molecular flexibility index (Phi) is 4.24. The highest BCUT2D eigenvalue weighted by molar-refractivity contribution is 6.30. The van der Waals surface area contributed by atoms with Crippen molar-refractivity contribution in [2.24, 2.45) is 5.10 Å². The number of rotatable bonds is 3. The molecule has 0 amide bonds. The highest BCUT2D eigenvalue weighted by Gasteiger charge is 2.30. The van der Waals surface area contributed by atoms with Crippen molar-refractivity contribution in [1.82, 2.24) is 15.2 Å². The molecule has 1 aliphatic rings. The monoisotopic (exact) mass is 384 g/mol. The predicted octanol–water partition coefficient (Wildman–Crippen LogP) is 3.24. The fraction of sp³-hybridized carbons (Fsp3) is 0.211. The van der Waals surface area contributed by atoms with Crippen molar-refractivity contribution in [3.8, 4) is 11.4 Å². The van der Waals surface area contributed by atoms with E-state index in [0.29, 0.717) is 23.0 Å². The Hall–Kier alpha value is -3.06. The first kappa shape index (κ1) is 17.4. The van der Waals surface area contributed by atoms with E-state index in [2.05, 4.69) is 15.6 Å². The standard InChI is InChI=1S/C19H17ClN4O3/c1-10-8-15(25)17(19(26)27-10)14-9-13(21-22-14)16-11(2)23-24(18(16)20)12-6-4-3-5-7-12/h3-8,13,21,25H,9H2,1-2H3. The second-order valence-corrected chi connectivity index (χ2v) is 6.74. The van der Waals surface area contributed by atoms with Gasteiger partial charge >= 0.3 is 5.63 Å². The lowest BCUT2D eigenvalue weighted by Crippen LogP contribution is -2.15. The van der Waals surface area contributed by atoms with Gasteiger partial charge in [0.15, 0.2) is 0 Å². The minimum atomic E-state index is -0.614. The quantitative estimate of drug-likeness (QED) is 0.723. The summed E-state index contributed by atoms with van der Waals surface area (Å²) in [5.41, 5.74) is 5.29. The summed E-state index contributed by atoms with van der Waals surface area (Å²) in [6.07, 6.45) is 0.377. The van der Waals surface area contributed by atoms with Crippen LogP contribution in [0.2, 0.25) is 5.15 Å². The second-order valence-electron chi connectivity index (χ2n) is 6.39. The normalized spacial score (nSPS) is 16.3. The smallest absolute Gasteiger partial charge is 0.348 e. The zero-order valence-corrected chi connectivity index (χ0v) is 15.5. The maximum Gasteiger partial charge on any atom is 0.348 e. The number of halogens is 1. The van der Waals surface area contributed by atoms with Crippen molar-refractivity contribution in [2.75, 3.05) is 0 Å². The minimum Gasteiger partial charge on any atom is -0.507 e. The van der Waals surface area contributed by atoms with Crippen molar-refractivity contribution in [3.05, 3.63) is 74.6 Å². The average molecular weight is 385 g/mol. The number of para-hydroxylation sites is 1. The van der Waals surface area contributed by atoms with Crippen molar-refractivity contribution in [1.29, 1.82) is 0 Å². The molecule has 0 radical (unpaired) electrons. The van der Waals surface area contributed by atoms with Gasteiger partial charge in [0.25, 0.3) is 0 Å². The number of benzene rings is 1. The third kappa shape index (κ3) is 3.00. The van der Waals surface area contributed by atoms with Crippen LogP contribution in [-0.2, 0) is 0 Å². The van der Waals surface area contributed by atoms with E-state index in [1.54, 1.807) is 11.6 Å². The summed E-state index contributed by atoms with van der Waals surface area (Å²) in [7, 11) is 0. The molecule has 138 valence electrons. The molecule has 1 aromatic carbocycles. The summed E-state index contributed by atoms with van der Waals surface area (Å²) in [4.78, 5) is 12.1. The summed E-state index contributed by atoms with van der Waals surface area (Å²) in [5.74, 6) is 0.195. The van der Waals surface area contributed by atoms with Crippen LogP contribution in [0.5, 0.6) is 5.75 Å². The third-order valence-electron chi connectivity index (χ3n) is 4.49. The summed E-state index contributed by atoms with van der Waals surface area (Å²) in [6, 6.07) is 10.7. The number of hydrogen-bond donors (Lipinski definition) is 2. The van der Waals surface area contributed by atoms with Gasteiger partial charge in [-0.2, -0.15) is 10.2 Å².